The van der Waals surface area contributed by atoms with Crippen LogP contribution in [0.3, 0.4) is 0 Å². The first-order valence-corrected chi connectivity index (χ1v) is 13.5. The van der Waals surface area contributed by atoms with Crippen LogP contribution in [0, 0.1) is 5.41 Å². The number of amides is 1. The zero-order chi connectivity index (χ0) is 26.6. The van der Waals surface area contributed by atoms with Gasteiger partial charge in [-0.3, -0.25) is 15.1 Å². The van der Waals surface area contributed by atoms with Crippen molar-refractivity contribution in [3.05, 3.63) is 98.3 Å². The maximum absolute atomic E-state index is 12.8. The molecule has 3 aromatic rings. The number of rotatable bonds is 8. The molecule has 1 N–H and O–H groups in total. The maximum Gasteiger partial charge on any atom is 0.283 e. The maximum atomic E-state index is 12.8. The molecule has 38 heavy (non-hydrogen) atoms. The molecule has 5 rings (SSSR count). The minimum absolute atomic E-state index is 0.0422. The van der Waals surface area contributed by atoms with E-state index in [0.29, 0.717) is 33.9 Å². The van der Waals surface area contributed by atoms with Gasteiger partial charge in [-0.1, -0.05) is 69.6 Å². The number of hydrogen-bond donors (Lipinski definition) is 1. The number of carbonyl (C=O) groups is 1. The van der Waals surface area contributed by atoms with Crippen molar-refractivity contribution in [3.8, 4) is 17.2 Å². The summed E-state index contributed by atoms with van der Waals surface area (Å²) in [5.74, 6) is 1.04. The van der Waals surface area contributed by atoms with Crippen molar-refractivity contribution in [2.24, 2.45) is 4.99 Å². The highest BCUT2D eigenvalue weighted by Gasteiger charge is 2.36. The molecule has 2 heterocycles. The highest BCUT2D eigenvalue weighted by molar-refractivity contribution is 9.10. The van der Waals surface area contributed by atoms with Gasteiger partial charge in [0.2, 0.25) is 0 Å². The van der Waals surface area contributed by atoms with Crippen molar-refractivity contribution in [1.29, 1.82) is 5.41 Å². The van der Waals surface area contributed by atoms with E-state index in [2.05, 4.69) is 20.9 Å². The lowest BCUT2D eigenvalue weighted by molar-refractivity contribution is -0.114. The number of nitrogens with zero attached hydrogens (tertiary/aromatic N) is 2. The molecule has 0 aromatic heterocycles. The van der Waals surface area contributed by atoms with Crippen molar-refractivity contribution in [3.63, 3.8) is 0 Å². The number of halogens is 2. The van der Waals surface area contributed by atoms with Crippen LogP contribution < -0.4 is 14.2 Å². The van der Waals surface area contributed by atoms with E-state index in [9.17, 15) is 4.79 Å². The number of benzene rings is 3. The first-order chi connectivity index (χ1) is 18.4. The molecule has 0 radical (unpaired) electrons. The van der Waals surface area contributed by atoms with Gasteiger partial charge in [-0.2, -0.15) is 4.99 Å². The number of methoxy groups -OCH3 is 1. The number of carbonyl (C=O) groups excluding carboxylic acids is 1. The van der Waals surface area contributed by atoms with E-state index in [1.807, 2.05) is 60.0 Å². The molecule has 0 unspecified atom stereocenters. The molecule has 2 aliphatic rings. The molecule has 0 spiro atoms. The van der Waals surface area contributed by atoms with E-state index in [0.717, 1.165) is 21.5 Å². The normalized spacial score (nSPS) is 15.8. The molecule has 10 heteroatoms. The van der Waals surface area contributed by atoms with Gasteiger partial charge in [0.05, 0.1) is 23.4 Å². The summed E-state index contributed by atoms with van der Waals surface area (Å²) in [6.45, 7) is 0.554. The molecule has 2 aliphatic heterocycles. The van der Waals surface area contributed by atoms with Crippen molar-refractivity contribution in [1.82, 2.24) is 4.90 Å². The number of aliphatic imine (C=N–C) groups is 1. The fraction of sp³-hybridized carbons (Fsp3) is 0.107. The van der Waals surface area contributed by atoms with Gasteiger partial charge in [0.25, 0.3) is 5.91 Å². The lowest BCUT2D eigenvalue weighted by Crippen LogP contribution is -2.38. The minimum atomic E-state index is -0.489. The van der Waals surface area contributed by atoms with E-state index in [1.165, 1.54) is 18.9 Å². The van der Waals surface area contributed by atoms with Crippen LogP contribution in [0.2, 0.25) is 5.02 Å². The van der Waals surface area contributed by atoms with Crippen molar-refractivity contribution < 1.29 is 19.0 Å². The van der Waals surface area contributed by atoms with Crippen LogP contribution in [0.1, 0.15) is 11.1 Å². The van der Waals surface area contributed by atoms with E-state index >= 15 is 0 Å². The van der Waals surface area contributed by atoms with Crippen LogP contribution in [0.4, 0.5) is 0 Å². The van der Waals surface area contributed by atoms with Crippen LogP contribution in [-0.4, -0.2) is 42.1 Å². The monoisotopic (exact) mass is 609 g/mol. The van der Waals surface area contributed by atoms with Gasteiger partial charge in [0.1, 0.15) is 24.8 Å². The Morgan fingerprint density at radius 3 is 2.55 bits per heavy atom. The van der Waals surface area contributed by atoms with Crippen LogP contribution >= 0.6 is 39.3 Å². The molecule has 3 aromatic carbocycles. The second kappa shape index (κ2) is 11.5. The summed E-state index contributed by atoms with van der Waals surface area (Å²) in [7, 11) is 1.51. The lowest BCUT2D eigenvalue weighted by atomic mass is 10.1. The molecule has 0 atom stereocenters. The molecule has 1 amide bonds. The summed E-state index contributed by atoms with van der Waals surface area (Å²) in [4.78, 5) is 18.7. The Kier molecular flexibility index (Phi) is 7.87. The standard InChI is InChI=1S/C28H21BrClN3O4S/c1-35-24-15-17(14-22(30)25(24)37-12-11-36-20-9-7-19(29)8-10-20)13-21-26(31)33-23(18-5-3-2-4-6-18)16-38-28(33)32-27(21)34/h2-10,13-16,31H,11-12H2,1H3/b21-13-,31-26?. The van der Waals surface area contributed by atoms with Gasteiger partial charge in [-0.05, 0) is 53.6 Å². The zero-order valence-corrected chi connectivity index (χ0v) is 23.3. The molecular formula is C28H21BrClN3O4S. The third-order valence-corrected chi connectivity index (χ3v) is 7.29. The van der Waals surface area contributed by atoms with Gasteiger partial charge in [0, 0.05) is 9.88 Å². The summed E-state index contributed by atoms with van der Waals surface area (Å²) >= 11 is 11.3. The Balaban J connectivity index is 1.34. The van der Waals surface area contributed by atoms with Gasteiger partial charge in [-0.25, -0.2) is 0 Å². The summed E-state index contributed by atoms with van der Waals surface area (Å²) in [6.07, 6.45) is 1.59. The third-order valence-electron chi connectivity index (χ3n) is 5.66. The fourth-order valence-electron chi connectivity index (χ4n) is 3.88. The average molecular weight is 611 g/mol. The molecule has 0 aliphatic carbocycles. The summed E-state index contributed by atoms with van der Waals surface area (Å²) in [5, 5.41) is 11.5. The number of hydrogen-bond acceptors (Lipinski definition) is 6. The van der Waals surface area contributed by atoms with Gasteiger partial charge in [-0.15, -0.1) is 0 Å². The lowest BCUT2D eigenvalue weighted by Gasteiger charge is -2.27. The van der Waals surface area contributed by atoms with Gasteiger partial charge >= 0.3 is 0 Å². The molecule has 0 saturated heterocycles. The van der Waals surface area contributed by atoms with Gasteiger partial charge in [0.15, 0.2) is 16.7 Å². The van der Waals surface area contributed by atoms with Crippen LogP contribution in [0.15, 0.2) is 87.2 Å². The molecule has 0 fully saturated rings. The van der Waals surface area contributed by atoms with Crippen molar-refractivity contribution in [2.75, 3.05) is 20.3 Å². The number of nitrogens with one attached hydrogen (secondary N) is 1. The predicted octanol–water partition coefficient (Wildman–Crippen LogP) is 6.87. The van der Waals surface area contributed by atoms with E-state index in [4.69, 9.17) is 31.2 Å². The Labute approximate surface area is 237 Å². The smallest absolute Gasteiger partial charge is 0.283 e. The first kappa shape index (κ1) is 26.1. The molecule has 192 valence electrons. The second-order valence-corrected chi connectivity index (χ2v) is 10.3. The van der Waals surface area contributed by atoms with Crippen LogP contribution in [-0.2, 0) is 4.79 Å². The van der Waals surface area contributed by atoms with Crippen molar-refractivity contribution >= 4 is 68.0 Å². The second-order valence-electron chi connectivity index (χ2n) is 8.11. The van der Waals surface area contributed by atoms with Crippen LogP contribution in [0.5, 0.6) is 17.2 Å². The van der Waals surface area contributed by atoms with E-state index in [1.54, 1.807) is 23.1 Å². The minimum Gasteiger partial charge on any atom is -0.493 e. The number of ether oxygens (including phenoxy) is 3. The Bertz CT molecular complexity index is 1490. The molecule has 0 bridgehead atoms. The summed E-state index contributed by atoms with van der Waals surface area (Å²) in [6, 6.07) is 20.6. The number of fused-ring (bicyclic) bond motifs is 1. The van der Waals surface area contributed by atoms with E-state index in [-0.39, 0.29) is 18.0 Å². The highest BCUT2D eigenvalue weighted by Crippen LogP contribution is 2.39. The third kappa shape index (κ3) is 5.50. The molecule has 0 saturated carbocycles. The molecular weight excluding hydrogens is 590 g/mol. The Hall–Kier alpha value is -3.53. The zero-order valence-electron chi connectivity index (χ0n) is 20.1. The quantitative estimate of drug-likeness (QED) is 0.221. The fourth-order valence-corrected chi connectivity index (χ4v) is 5.31. The SMILES string of the molecule is COc1cc(/C=C2/C(=N)N3C(c4ccccc4)=CSC3=NC2=O)cc(Cl)c1OCCOc1ccc(Br)cc1. The topological polar surface area (TPSA) is 84.2 Å². The van der Waals surface area contributed by atoms with Gasteiger partial charge < -0.3 is 14.2 Å². The van der Waals surface area contributed by atoms with Crippen LogP contribution in [0.25, 0.3) is 11.8 Å². The average Bonchev–Trinajstić information content (AvgIpc) is 3.35. The largest absolute Gasteiger partial charge is 0.493 e. The van der Waals surface area contributed by atoms with E-state index < -0.39 is 5.91 Å². The summed E-state index contributed by atoms with van der Waals surface area (Å²) in [5.41, 5.74) is 2.45. The Morgan fingerprint density at radius 1 is 1.08 bits per heavy atom. The Morgan fingerprint density at radius 2 is 1.82 bits per heavy atom. The number of amidine groups is 2. The highest BCUT2D eigenvalue weighted by atomic mass is 79.9. The predicted molar refractivity (Wildman–Crippen MR) is 155 cm³/mol. The summed E-state index contributed by atoms with van der Waals surface area (Å²) < 4.78 is 18.0. The van der Waals surface area contributed by atoms with Crippen molar-refractivity contribution in [2.45, 2.75) is 0 Å². The first-order valence-electron chi connectivity index (χ1n) is 11.5. The molecule has 7 nitrogen and oxygen atoms in total. The number of thioether (sulfide) groups is 1.